The van der Waals surface area contributed by atoms with Crippen LogP contribution < -0.4 is 14.4 Å². The Kier molecular flexibility index (Phi) is 5.12. The molecule has 0 N–H and O–H groups in total. The number of ketones is 1. The van der Waals surface area contributed by atoms with Gasteiger partial charge in [-0.15, -0.1) is 0 Å². The van der Waals surface area contributed by atoms with Crippen LogP contribution in [-0.2, 0) is 9.59 Å². The number of amides is 2. The maximum Gasteiger partial charge on any atom is 0.228 e. The molecule has 5 rings (SSSR count). The van der Waals surface area contributed by atoms with Crippen molar-refractivity contribution < 1.29 is 23.9 Å². The number of ether oxygens (including phenoxy) is 2. The molecule has 2 aromatic carbocycles. The summed E-state index contributed by atoms with van der Waals surface area (Å²) in [5, 5.41) is 0. The minimum absolute atomic E-state index is 0.00625. The van der Waals surface area contributed by atoms with E-state index in [0.29, 0.717) is 50.2 Å². The average Bonchev–Trinajstić information content (AvgIpc) is 3.21. The summed E-state index contributed by atoms with van der Waals surface area (Å²) in [6.45, 7) is 1.44. The van der Waals surface area contributed by atoms with Gasteiger partial charge in [0.05, 0.1) is 25.0 Å². The summed E-state index contributed by atoms with van der Waals surface area (Å²) in [6, 6.07) is 14.6. The lowest BCUT2D eigenvalue weighted by Gasteiger charge is -2.44. The van der Waals surface area contributed by atoms with E-state index < -0.39 is 5.60 Å². The first-order valence-electron chi connectivity index (χ1n) is 11.0. The van der Waals surface area contributed by atoms with Gasteiger partial charge in [0.2, 0.25) is 11.8 Å². The zero-order chi connectivity index (χ0) is 22.3. The first kappa shape index (κ1) is 20.5. The Morgan fingerprint density at radius 2 is 1.78 bits per heavy atom. The molecule has 0 radical (unpaired) electrons. The lowest BCUT2D eigenvalue weighted by molar-refractivity contribution is -0.139. The second-order valence-electron chi connectivity index (χ2n) is 8.81. The molecule has 7 heteroatoms. The molecule has 7 nitrogen and oxygen atoms in total. The van der Waals surface area contributed by atoms with Crippen LogP contribution in [0.5, 0.6) is 11.5 Å². The Morgan fingerprint density at radius 1 is 1.06 bits per heavy atom. The third-order valence-corrected chi connectivity index (χ3v) is 6.84. The number of carbonyl (C=O) groups excluding carboxylic acids is 3. The number of anilines is 1. The molecule has 2 fully saturated rings. The number of carbonyl (C=O) groups is 3. The first-order valence-corrected chi connectivity index (χ1v) is 11.0. The number of Topliss-reactive ketones (excluding diaryl/α,β-unsaturated/α-hetero) is 1. The van der Waals surface area contributed by atoms with Gasteiger partial charge in [-0.3, -0.25) is 14.4 Å². The quantitative estimate of drug-likeness (QED) is 0.742. The van der Waals surface area contributed by atoms with Crippen molar-refractivity contribution in [3.05, 3.63) is 54.1 Å². The van der Waals surface area contributed by atoms with E-state index in [1.165, 1.54) is 0 Å². The molecule has 1 spiro atoms. The summed E-state index contributed by atoms with van der Waals surface area (Å²) in [5.74, 6) is 1.07. The normalized spacial score (nSPS) is 22.0. The van der Waals surface area contributed by atoms with Gasteiger partial charge in [0.25, 0.3) is 0 Å². The average molecular weight is 434 g/mol. The highest BCUT2D eigenvalue weighted by atomic mass is 16.5. The molecule has 0 unspecified atom stereocenters. The van der Waals surface area contributed by atoms with E-state index in [0.717, 1.165) is 11.4 Å². The van der Waals surface area contributed by atoms with Gasteiger partial charge < -0.3 is 19.3 Å². The molecular weight excluding hydrogens is 408 g/mol. The number of hydrogen-bond donors (Lipinski definition) is 0. The number of para-hydroxylation sites is 1. The number of benzene rings is 2. The van der Waals surface area contributed by atoms with Crippen LogP contribution in [0.15, 0.2) is 48.5 Å². The molecule has 3 heterocycles. The van der Waals surface area contributed by atoms with Crippen LogP contribution >= 0.6 is 0 Å². The summed E-state index contributed by atoms with van der Waals surface area (Å²) in [7, 11) is 1.60. The predicted molar refractivity (Wildman–Crippen MR) is 118 cm³/mol. The lowest BCUT2D eigenvalue weighted by Crippen LogP contribution is -2.53. The largest absolute Gasteiger partial charge is 0.497 e. The fraction of sp³-hybridized carbons (Fsp3) is 0.400. The second kappa shape index (κ2) is 7.97. The molecule has 32 heavy (non-hydrogen) atoms. The Bertz CT molecular complexity index is 1060. The monoisotopic (exact) mass is 434 g/mol. The second-order valence-corrected chi connectivity index (χ2v) is 8.81. The molecule has 0 saturated carbocycles. The topological polar surface area (TPSA) is 76.2 Å². The van der Waals surface area contributed by atoms with E-state index in [2.05, 4.69) is 0 Å². The molecular formula is C25H26N2O5. The number of rotatable bonds is 3. The molecule has 0 aromatic heterocycles. The van der Waals surface area contributed by atoms with Crippen molar-refractivity contribution in [2.45, 2.75) is 31.3 Å². The Labute approximate surface area is 186 Å². The van der Waals surface area contributed by atoms with Crippen molar-refractivity contribution in [2.75, 3.05) is 31.6 Å². The fourth-order valence-corrected chi connectivity index (χ4v) is 5.00. The van der Waals surface area contributed by atoms with Crippen LogP contribution in [0.4, 0.5) is 5.69 Å². The number of likely N-dealkylation sites (tertiary alicyclic amines) is 1. The van der Waals surface area contributed by atoms with Crippen LogP contribution in [-0.4, -0.2) is 54.8 Å². The SMILES string of the molecule is COc1ccc(N2C[C@H](C(=O)N3CCC4(CC3)CC(=O)c3ccccc3O4)CC2=O)cc1. The van der Waals surface area contributed by atoms with Crippen molar-refractivity contribution in [2.24, 2.45) is 5.92 Å². The minimum Gasteiger partial charge on any atom is -0.497 e. The fourth-order valence-electron chi connectivity index (χ4n) is 5.00. The summed E-state index contributed by atoms with van der Waals surface area (Å²) >= 11 is 0. The van der Waals surface area contributed by atoms with Gasteiger partial charge in [0.1, 0.15) is 17.1 Å². The highest BCUT2D eigenvalue weighted by molar-refractivity contribution is 6.01. The molecule has 2 saturated heterocycles. The van der Waals surface area contributed by atoms with Gasteiger partial charge in [0, 0.05) is 44.6 Å². The highest BCUT2D eigenvalue weighted by Crippen LogP contribution is 2.39. The number of methoxy groups -OCH3 is 1. The van der Waals surface area contributed by atoms with E-state index >= 15 is 0 Å². The van der Waals surface area contributed by atoms with Gasteiger partial charge in [-0.1, -0.05) is 12.1 Å². The van der Waals surface area contributed by atoms with E-state index in [9.17, 15) is 14.4 Å². The number of piperidine rings is 1. The number of nitrogens with zero attached hydrogens (tertiary/aromatic N) is 2. The Morgan fingerprint density at radius 3 is 2.50 bits per heavy atom. The van der Waals surface area contributed by atoms with E-state index in [-0.39, 0.29) is 29.9 Å². The summed E-state index contributed by atoms with van der Waals surface area (Å²) < 4.78 is 11.4. The maximum atomic E-state index is 13.2. The molecule has 1 atom stereocenters. The lowest BCUT2D eigenvalue weighted by atomic mass is 9.82. The first-order chi connectivity index (χ1) is 15.5. The highest BCUT2D eigenvalue weighted by Gasteiger charge is 2.45. The summed E-state index contributed by atoms with van der Waals surface area (Å²) in [4.78, 5) is 41.9. The van der Waals surface area contributed by atoms with Crippen LogP contribution in [0.25, 0.3) is 0 Å². The van der Waals surface area contributed by atoms with Crippen LogP contribution in [0.2, 0.25) is 0 Å². The number of hydrogen-bond acceptors (Lipinski definition) is 5. The molecule has 3 aliphatic heterocycles. The predicted octanol–water partition coefficient (Wildman–Crippen LogP) is 3.07. The van der Waals surface area contributed by atoms with Crippen molar-refractivity contribution in [1.29, 1.82) is 0 Å². The minimum atomic E-state index is -0.539. The van der Waals surface area contributed by atoms with Crippen molar-refractivity contribution >= 4 is 23.3 Å². The zero-order valence-electron chi connectivity index (χ0n) is 18.1. The maximum absolute atomic E-state index is 13.2. The van der Waals surface area contributed by atoms with Gasteiger partial charge in [-0.05, 0) is 36.4 Å². The molecule has 2 aromatic rings. The molecule has 166 valence electrons. The Hall–Kier alpha value is -3.35. The zero-order valence-corrected chi connectivity index (χ0v) is 18.1. The molecule has 0 aliphatic carbocycles. The third-order valence-electron chi connectivity index (χ3n) is 6.84. The van der Waals surface area contributed by atoms with Gasteiger partial charge >= 0.3 is 0 Å². The number of fused-ring (bicyclic) bond motifs is 1. The van der Waals surface area contributed by atoms with E-state index in [1.807, 2.05) is 47.4 Å². The van der Waals surface area contributed by atoms with Gasteiger partial charge in [-0.25, -0.2) is 0 Å². The van der Waals surface area contributed by atoms with Crippen LogP contribution in [0, 0.1) is 5.92 Å². The molecule has 2 amide bonds. The van der Waals surface area contributed by atoms with Crippen molar-refractivity contribution in [1.82, 2.24) is 4.90 Å². The van der Waals surface area contributed by atoms with Gasteiger partial charge in [-0.2, -0.15) is 0 Å². The molecule has 0 bridgehead atoms. The van der Waals surface area contributed by atoms with Crippen molar-refractivity contribution in [3.8, 4) is 11.5 Å². The third kappa shape index (κ3) is 3.61. The Balaban J connectivity index is 1.22. The van der Waals surface area contributed by atoms with E-state index in [1.54, 1.807) is 18.1 Å². The molecule has 3 aliphatic rings. The summed E-state index contributed by atoms with van der Waals surface area (Å²) in [6.07, 6.45) is 1.79. The standard InChI is InChI=1S/C25H26N2O5/c1-31-19-8-6-18(7-9-19)27-16-17(14-23(27)29)24(30)26-12-10-25(11-13-26)15-21(28)20-4-2-3-5-22(20)32-25/h2-9,17H,10-16H2,1H3/t17-/m1/s1. The van der Waals surface area contributed by atoms with Crippen LogP contribution in [0.1, 0.15) is 36.0 Å². The van der Waals surface area contributed by atoms with E-state index in [4.69, 9.17) is 9.47 Å². The summed E-state index contributed by atoms with van der Waals surface area (Å²) in [5.41, 5.74) is 0.874. The van der Waals surface area contributed by atoms with Crippen molar-refractivity contribution in [3.63, 3.8) is 0 Å². The smallest absolute Gasteiger partial charge is 0.228 e. The van der Waals surface area contributed by atoms with Gasteiger partial charge in [0.15, 0.2) is 5.78 Å². The van der Waals surface area contributed by atoms with Crippen LogP contribution in [0.3, 0.4) is 0 Å².